The molecule has 174 valence electrons. The molecule has 0 saturated carbocycles. The quantitative estimate of drug-likeness (QED) is 0.387. The Morgan fingerprint density at radius 3 is 2.76 bits per heavy atom. The van der Waals surface area contributed by atoms with Crippen LogP contribution in [0.4, 0.5) is 0 Å². The second kappa shape index (κ2) is 9.65. The molecule has 2 aromatic heterocycles. The maximum atomic E-state index is 14.1. The number of aryl methyl sites for hydroxylation is 1. The van der Waals surface area contributed by atoms with Gasteiger partial charge in [-0.05, 0) is 43.5 Å². The standard InChI is InChI=1S/C27H27N3O4/c1-18-25-23(15-24(28-26(25)34-29-18)20-9-4-3-5-10-20)27(31)30(17-22-12-7-13-33-22)16-19-8-6-11-21(14-19)32-2/h3-6,8-11,14-15,22H,7,12-13,16-17H2,1-2H3. The molecule has 0 bridgehead atoms. The van der Waals surface area contributed by atoms with Crippen molar-refractivity contribution in [2.24, 2.45) is 0 Å². The molecule has 0 spiro atoms. The van der Waals surface area contributed by atoms with Crippen LogP contribution in [0.3, 0.4) is 0 Å². The largest absolute Gasteiger partial charge is 0.497 e. The number of carbonyl (C=O) groups excluding carboxylic acids is 1. The third-order valence-corrected chi connectivity index (χ3v) is 6.16. The van der Waals surface area contributed by atoms with Crippen LogP contribution in [-0.4, -0.2) is 47.3 Å². The van der Waals surface area contributed by atoms with Crippen LogP contribution in [0.25, 0.3) is 22.4 Å². The molecule has 1 amide bonds. The van der Waals surface area contributed by atoms with Crippen molar-refractivity contribution in [1.29, 1.82) is 0 Å². The van der Waals surface area contributed by atoms with Crippen LogP contribution in [0.15, 0.2) is 65.2 Å². The number of hydrogen-bond donors (Lipinski definition) is 0. The van der Waals surface area contributed by atoms with Gasteiger partial charge in [0.15, 0.2) is 0 Å². The van der Waals surface area contributed by atoms with Crippen molar-refractivity contribution in [3.63, 3.8) is 0 Å². The van der Waals surface area contributed by atoms with E-state index in [1.807, 2.05) is 72.5 Å². The highest BCUT2D eigenvalue weighted by Gasteiger charge is 2.27. The van der Waals surface area contributed by atoms with Gasteiger partial charge in [-0.2, -0.15) is 0 Å². The van der Waals surface area contributed by atoms with Gasteiger partial charge in [-0.25, -0.2) is 4.98 Å². The molecule has 0 N–H and O–H groups in total. The number of pyridine rings is 1. The first-order valence-electron chi connectivity index (χ1n) is 11.5. The Kier molecular flexibility index (Phi) is 6.27. The van der Waals surface area contributed by atoms with E-state index < -0.39 is 0 Å². The number of hydrogen-bond acceptors (Lipinski definition) is 6. The first-order valence-corrected chi connectivity index (χ1v) is 11.5. The average Bonchev–Trinajstić information content (AvgIpc) is 3.53. The Morgan fingerprint density at radius 1 is 1.15 bits per heavy atom. The van der Waals surface area contributed by atoms with Gasteiger partial charge in [0.25, 0.3) is 11.6 Å². The number of ether oxygens (including phenoxy) is 2. The monoisotopic (exact) mass is 457 g/mol. The van der Waals surface area contributed by atoms with E-state index in [9.17, 15) is 4.79 Å². The molecule has 7 heteroatoms. The van der Waals surface area contributed by atoms with E-state index in [1.54, 1.807) is 7.11 Å². The van der Waals surface area contributed by atoms with E-state index in [4.69, 9.17) is 14.0 Å². The van der Waals surface area contributed by atoms with Gasteiger partial charge in [-0.15, -0.1) is 0 Å². The average molecular weight is 458 g/mol. The minimum absolute atomic E-state index is 0.0176. The molecule has 1 unspecified atom stereocenters. The predicted molar refractivity (Wildman–Crippen MR) is 129 cm³/mol. The van der Waals surface area contributed by atoms with Crippen molar-refractivity contribution in [3.8, 4) is 17.0 Å². The molecule has 0 aliphatic carbocycles. The lowest BCUT2D eigenvalue weighted by atomic mass is 10.0. The molecule has 4 aromatic rings. The number of fused-ring (bicyclic) bond motifs is 1. The van der Waals surface area contributed by atoms with Crippen LogP contribution in [0.1, 0.15) is 34.5 Å². The summed E-state index contributed by atoms with van der Waals surface area (Å²) in [5.74, 6) is 0.656. The fourth-order valence-corrected chi connectivity index (χ4v) is 4.44. The molecule has 7 nitrogen and oxygen atoms in total. The zero-order valence-corrected chi connectivity index (χ0v) is 19.4. The van der Waals surface area contributed by atoms with E-state index in [-0.39, 0.29) is 12.0 Å². The molecule has 2 aromatic carbocycles. The van der Waals surface area contributed by atoms with E-state index in [1.165, 1.54) is 0 Å². The summed E-state index contributed by atoms with van der Waals surface area (Å²) in [4.78, 5) is 20.6. The fourth-order valence-electron chi connectivity index (χ4n) is 4.44. The van der Waals surface area contributed by atoms with Crippen molar-refractivity contribution in [2.45, 2.75) is 32.4 Å². The molecule has 34 heavy (non-hydrogen) atoms. The van der Waals surface area contributed by atoms with Crippen LogP contribution in [0.2, 0.25) is 0 Å². The lowest BCUT2D eigenvalue weighted by Crippen LogP contribution is -2.37. The van der Waals surface area contributed by atoms with Gasteiger partial charge in [0.2, 0.25) is 0 Å². The Labute approximate surface area is 198 Å². The van der Waals surface area contributed by atoms with Crippen molar-refractivity contribution in [1.82, 2.24) is 15.0 Å². The number of aromatic nitrogens is 2. The number of methoxy groups -OCH3 is 1. The minimum Gasteiger partial charge on any atom is -0.497 e. The molecule has 3 heterocycles. The lowest BCUT2D eigenvalue weighted by molar-refractivity contribution is 0.0508. The summed E-state index contributed by atoms with van der Waals surface area (Å²) in [6.45, 7) is 3.50. The molecular formula is C27H27N3O4. The maximum Gasteiger partial charge on any atom is 0.259 e. The summed E-state index contributed by atoms with van der Waals surface area (Å²) >= 11 is 0. The first kappa shape index (κ1) is 22.1. The van der Waals surface area contributed by atoms with Gasteiger partial charge >= 0.3 is 0 Å². The maximum absolute atomic E-state index is 14.1. The Balaban J connectivity index is 1.56. The van der Waals surface area contributed by atoms with E-state index in [0.29, 0.717) is 41.1 Å². The summed E-state index contributed by atoms with van der Waals surface area (Å²) in [5, 5.41) is 4.74. The highest BCUT2D eigenvalue weighted by atomic mass is 16.5. The minimum atomic E-state index is -0.103. The Hall–Kier alpha value is -3.71. The Morgan fingerprint density at radius 2 is 2.00 bits per heavy atom. The third-order valence-electron chi connectivity index (χ3n) is 6.16. The van der Waals surface area contributed by atoms with Crippen LogP contribution in [-0.2, 0) is 11.3 Å². The van der Waals surface area contributed by atoms with Gasteiger partial charge in [0.1, 0.15) is 5.75 Å². The van der Waals surface area contributed by atoms with Crippen LogP contribution in [0, 0.1) is 6.92 Å². The highest BCUT2D eigenvalue weighted by molar-refractivity contribution is 6.07. The summed E-state index contributed by atoms with van der Waals surface area (Å²) in [7, 11) is 1.64. The van der Waals surface area contributed by atoms with Crippen molar-refractivity contribution >= 4 is 17.0 Å². The van der Waals surface area contributed by atoms with Crippen LogP contribution in [0.5, 0.6) is 5.75 Å². The molecule has 1 atom stereocenters. The second-order valence-electron chi connectivity index (χ2n) is 8.54. The van der Waals surface area contributed by atoms with Gasteiger partial charge in [-0.3, -0.25) is 4.79 Å². The van der Waals surface area contributed by atoms with Crippen LogP contribution >= 0.6 is 0 Å². The zero-order valence-electron chi connectivity index (χ0n) is 19.4. The summed E-state index contributed by atoms with van der Waals surface area (Å²) in [6.07, 6.45) is 1.97. The number of carbonyl (C=O) groups is 1. The third kappa shape index (κ3) is 4.52. The molecule has 1 aliphatic rings. The van der Waals surface area contributed by atoms with Crippen LogP contribution < -0.4 is 4.74 Å². The van der Waals surface area contributed by atoms with E-state index in [0.717, 1.165) is 36.3 Å². The van der Waals surface area contributed by atoms with Crippen molar-refractivity contribution in [2.75, 3.05) is 20.3 Å². The molecule has 1 aliphatic heterocycles. The van der Waals surface area contributed by atoms with Crippen molar-refractivity contribution in [3.05, 3.63) is 77.5 Å². The molecule has 1 fully saturated rings. The number of rotatable bonds is 7. The van der Waals surface area contributed by atoms with Gasteiger partial charge < -0.3 is 18.9 Å². The Bertz CT molecular complexity index is 1300. The number of nitrogens with zero attached hydrogens (tertiary/aromatic N) is 3. The zero-order chi connectivity index (χ0) is 23.5. The first-order chi connectivity index (χ1) is 16.6. The van der Waals surface area contributed by atoms with E-state index >= 15 is 0 Å². The topological polar surface area (TPSA) is 77.7 Å². The predicted octanol–water partition coefficient (Wildman–Crippen LogP) is 5.03. The van der Waals surface area contributed by atoms with Gasteiger partial charge in [0.05, 0.1) is 35.6 Å². The van der Waals surface area contributed by atoms with E-state index in [2.05, 4.69) is 10.1 Å². The highest BCUT2D eigenvalue weighted by Crippen LogP contribution is 2.29. The SMILES string of the molecule is COc1cccc(CN(CC2CCCO2)C(=O)c2cc(-c3ccccc3)nc3onc(C)c23)c1. The molecule has 5 rings (SSSR count). The lowest BCUT2D eigenvalue weighted by Gasteiger charge is -2.26. The van der Waals surface area contributed by atoms with Gasteiger partial charge in [0, 0.05) is 25.3 Å². The number of benzene rings is 2. The summed E-state index contributed by atoms with van der Waals surface area (Å²) in [6, 6.07) is 19.4. The smallest absolute Gasteiger partial charge is 0.259 e. The second-order valence-corrected chi connectivity index (χ2v) is 8.54. The molecular weight excluding hydrogens is 430 g/mol. The molecule has 0 radical (unpaired) electrons. The number of amides is 1. The summed E-state index contributed by atoms with van der Waals surface area (Å²) in [5.41, 5.74) is 4.10. The molecule has 1 saturated heterocycles. The van der Waals surface area contributed by atoms with Gasteiger partial charge in [-0.1, -0.05) is 47.6 Å². The summed E-state index contributed by atoms with van der Waals surface area (Å²) < 4.78 is 16.8. The van der Waals surface area contributed by atoms with Crippen molar-refractivity contribution < 1.29 is 18.8 Å². The fraction of sp³-hybridized carbons (Fsp3) is 0.296. The normalized spacial score (nSPS) is 15.5.